The molecule has 0 aliphatic carbocycles. The van der Waals surface area contributed by atoms with Crippen LogP contribution in [0.4, 0.5) is 0 Å². The van der Waals surface area contributed by atoms with Gasteiger partial charge in [0.2, 0.25) is 0 Å². The van der Waals surface area contributed by atoms with Gasteiger partial charge in [0.15, 0.2) is 6.26 Å². The monoisotopic (exact) mass is 127 g/mol. The third-order valence-electron chi connectivity index (χ3n) is 1.01. The van der Waals surface area contributed by atoms with Crippen LogP contribution in [0, 0.1) is 6.26 Å². The lowest BCUT2D eigenvalue weighted by Crippen LogP contribution is -1.77. The number of rotatable bonds is 5. The Morgan fingerprint density at radius 1 is 1.44 bits per heavy atom. The van der Waals surface area contributed by atoms with Crippen LogP contribution >= 0.6 is 0 Å². The molecule has 0 saturated heterocycles. The van der Waals surface area contributed by atoms with E-state index in [0.717, 1.165) is 13.0 Å². The zero-order chi connectivity index (χ0) is 6.95. The molecule has 53 valence electrons. The Hall–Kier alpha value is -0.460. The Bertz CT molecular complexity index is 67.0. The fourth-order valence-electron chi connectivity index (χ4n) is 0.507. The Morgan fingerprint density at radius 2 is 2.22 bits per heavy atom. The second kappa shape index (κ2) is 7.54. The Balaban J connectivity index is 2.86. The standard InChI is InChI=1S/C8H15O/c1-3-5-6-7-8-9-4-2/h7H,3-6H2,1-2H3. The van der Waals surface area contributed by atoms with Gasteiger partial charge in [-0.2, -0.15) is 0 Å². The van der Waals surface area contributed by atoms with E-state index in [9.17, 15) is 0 Å². The van der Waals surface area contributed by atoms with Crippen molar-refractivity contribution in [2.45, 2.75) is 33.1 Å². The van der Waals surface area contributed by atoms with Gasteiger partial charge in [0, 0.05) is 0 Å². The van der Waals surface area contributed by atoms with E-state index in [2.05, 4.69) is 13.2 Å². The van der Waals surface area contributed by atoms with Crippen LogP contribution in [0.1, 0.15) is 33.1 Å². The first-order valence-corrected chi connectivity index (χ1v) is 3.60. The first-order chi connectivity index (χ1) is 4.41. The van der Waals surface area contributed by atoms with Crippen molar-refractivity contribution in [1.29, 1.82) is 0 Å². The van der Waals surface area contributed by atoms with Crippen molar-refractivity contribution in [1.82, 2.24) is 0 Å². The summed E-state index contributed by atoms with van der Waals surface area (Å²) in [7, 11) is 0. The maximum Gasteiger partial charge on any atom is 0.156 e. The molecule has 0 heterocycles. The van der Waals surface area contributed by atoms with Crippen LogP contribution < -0.4 is 0 Å². The van der Waals surface area contributed by atoms with E-state index in [-0.39, 0.29) is 0 Å². The van der Waals surface area contributed by atoms with Gasteiger partial charge >= 0.3 is 0 Å². The van der Waals surface area contributed by atoms with Gasteiger partial charge in [-0.15, -0.1) is 0 Å². The topological polar surface area (TPSA) is 9.23 Å². The zero-order valence-corrected chi connectivity index (χ0v) is 6.31. The minimum atomic E-state index is 0.725. The van der Waals surface area contributed by atoms with Gasteiger partial charge in [-0.25, -0.2) is 0 Å². The molecule has 0 saturated carbocycles. The largest absolute Gasteiger partial charge is 0.490 e. The van der Waals surface area contributed by atoms with E-state index in [0.29, 0.717) is 0 Å². The highest BCUT2D eigenvalue weighted by molar-refractivity contribution is 4.65. The lowest BCUT2D eigenvalue weighted by Gasteiger charge is -1.89. The maximum absolute atomic E-state index is 4.87. The predicted molar refractivity (Wildman–Crippen MR) is 39.0 cm³/mol. The van der Waals surface area contributed by atoms with Gasteiger partial charge in [-0.05, 0) is 25.8 Å². The van der Waals surface area contributed by atoms with Crippen LogP contribution in [0.15, 0.2) is 6.08 Å². The molecule has 0 aliphatic rings. The summed E-state index contributed by atoms with van der Waals surface area (Å²) in [5, 5.41) is 0. The molecule has 0 aromatic rings. The zero-order valence-electron chi connectivity index (χ0n) is 6.31. The summed E-state index contributed by atoms with van der Waals surface area (Å²) in [6.45, 7) is 4.86. The van der Waals surface area contributed by atoms with Crippen LogP contribution in [0.25, 0.3) is 0 Å². The quantitative estimate of drug-likeness (QED) is 0.407. The molecule has 1 heteroatoms. The average Bonchev–Trinajstić information content (AvgIpc) is 1.89. The molecule has 0 atom stereocenters. The Morgan fingerprint density at radius 3 is 2.78 bits per heavy atom. The molecule has 1 nitrogen and oxygen atoms in total. The Labute approximate surface area is 57.7 Å². The second-order valence-corrected chi connectivity index (χ2v) is 1.90. The minimum Gasteiger partial charge on any atom is -0.490 e. The summed E-state index contributed by atoms with van der Waals surface area (Å²) in [5.41, 5.74) is 0. The molecule has 0 aromatic carbocycles. The van der Waals surface area contributed by atoms with Crippen molar-refractivity contribution in [3.63, 3.8) is 0 Å². The van der Waals surface area contributed by atoms with Crippen LogP contribution in [-0.4, -0.2) is 6.61 Å². The van der Waals surface area contributed by atoms with Crippen LogP contribution in [0.3, 0.4) is 0 Å². The molecule has 0 aromatic heterocycles. The molecule has 0 bridgehead atoms. The summed E-state index contributed by atoms with van der Waals surface area (Å²) < 4.78 is 4.87. The second-order valence-electron chi connectivity index (χ2n) is 1.90. The highest BCUT2D eigenvalue weighted by Crippen LogP contribution is 1.93. The molecular formula is C8H15O. The summed E-state index contributed by atoms with van der Waals surface area (Å²) in [6.07, 6.45) is 8.27. The molecule has 0 rings (SSSR count). The summed E-state index contributed by atoms with van der Waals surface area (Å²) in [5.74, 6) is 0. The number of hydrogen-bond acceptors (Lipinski definition) is 1. The number of unbranched alkanes of at least 4 members (excludes halogenated alkanes) is 2. The predicted octanol–water partition coefficient (Wildman–Crippen LogP) is 2.53. The lowest BCUT2D eigenvalue weighted by atomic mass is 10.2. The molecule has 1 radical (unpaired) electrons. The van der Waals surface area contributed by atoms with E-state index in [4.69, 9.17) is 4.74 Å². The van der Waals surface area contributed by atoms with Crippen molar-refractivity contribution in [3.8, 4) is 0 Å². The summed E-state index contributed by atoms with van der Waals surface area (Å²) >= 11 is 0. The van der Waals surface area contributed by atoms with Crippen molar-refractivity contribution in [2.24, 2.45) is 0 Å². The number of ether oxygens (including phenoxy) is 1. The van der Waals surface area contributed by atoms with Crippen molar-refractivity contribution < 1.29 is 4.74 Å². The first kappa shape index (κ1) is 8.54. The third-order valence-corrected chi connectivity index (χ3v) is 1.01. The van der Waals surface area contributed by atoms with Crippen molar-refractivity contribution in [2.75, 3.05) is 6.61 Å². The number of allylic oxidation sites excluding steroid dienone is 1. The SMILES string of the molecule is CCCC/C=[C]/OCC. The van der Waals surface area contributed by atoms with E-state index >= 15 is 0 Å². The minimum absolute atomic E-state index is 0.725. The van der Waals surface area contributed by atoms with Gasteiger partial charge in [-0.1, -0.05) is 13.3 Å². The molecule has 9 heavy (non-hydrogen) atoms. The van der Waals surface area contributed by atoms with E-state index in [1.54, 1.807) is 0 Å². The fraction of sp³-hybridized carbons (Fsp3) is 0.750. The average molecular weight is 127 g/mol. The summed E-state index contributed by atoms with van der Waals surface area (Å²) in [6, 6.07) is 0. The van der Waals surface area contributed by atoms with Gasteiger partial charge in [0.1, 0.15) is 0 Å². The molecule has 0 spiro atoms. The number of hydrogen-bond donors (Lipinski definition) is 0. The third kappa shape index (κ3) is 7.54. The summed E-state index contributed by atoms with van der Waals surface area (Å²) in [4.78, 5) is 0. The van der Waals surface area contributed by atoms with Gasteiger partial charge in [0.05, 0.1) is 6.61 Å². The molecule has 0 aliphatic heterocycles. The van der Waals surface area contributed by atoms with Crippen LogP contribution in [0.2, 0.25) is 0 Å². The maximum atomic E-state index is 4.87. The molecule has 0 amide bonds. The smallest absolute Gasteiger partial charge is 0.156 e. The molecule has 0 unspecified atom stereocenters. The van der Waals surface area contributed by atoms with Gasteiger partial charge in [0.25, 0.3) is 0 Å². The molecular weight excluding hydrogens is 112 g/mol. The van der Waals surface area contributed by atoms with Gasteiger partial charge < -0.3 is 4.74 Å². The van der Waals surface area contributed by atoms with E-state index in [1.807, 2.05) is 13.0 Å². The van der Waals surface area contributed by atoms with Crippen LogP contribution in [-0.2, 0) is 4.74 Å². The Kier molecular flexibility index (Phi) is 7.15. The van der Waals surface area contributed by atoms with Crippen LogP contribution in [0.5, 0.6) is 0 Å². The molecule has 0 fully saturated rings. The van der Waals surface area contributed by atoms with E-state index < -0.39 is 0 Å². The van der Waals surface area contributed by atoms with Crippen molar-refractivity contribution >= 4 is 0 Å². The first-order valence-electron chi connectivity index (χ1n) is 3.60. The van der Waals surface area contributed by atoms with Crippen molar-refractivity contribution in [3.05, 3.63) is 12.3 Å². The lowest BCUT2D eigenvalue weighted by molar-refractivity contribution is 0.246. The van der Waals surface area contributed by atoms with Gasteiger partial charge in [-0.3, -0.25) is 0 Å². The van der Waals surface area contributed by atoms with E-state index in [1.165, 1.54) is 12.8 Å². The fourth-order valence-corrected chi connectivity index (χ4v) is 0.507. The highest BCUT2D eigenvalue weighted by Gasteiger charge is 1.77. The molecule has 0 N–H and O–H groups in total. The normalized spacial score (nSPS) is 10.4. The highest BCUT2D eigenvalue weighted by atomic mass is 16.5.